The van der Waals surface area contributed by atoms with Crippen molar-refractivity contribution in [2.24, 2.45) is 0 Å². The summed E-state index contributed by atoms with van der Waals surface area (Å²) in [7, 11) is 0. The van der Waals surface area contributed by atoms with Gasteiger partial charge < -0.3 is 14.4 Å². The van der Waals surface area contributed by atoms with Crippen LogP contribution < -0.4 is 9.47 Å². The third kappa shape index (κ3) is 4.34. The number of rotatable bonds is 4. The van der Waals surface area contributed by atoms with Gasteiger partial charge in [0.1, 0.15) is 0 Å². The molecular weight excluding hydrogens is 390 g/mol. The fraction of sp³-hybridized carbons (Fsp3) is 0.600. The topological polar surface area (TPSA) is 82.4 Å². The highest BCUT2D eigenvalue weighted by Crippen LogP contribution is 2.38. The van der Waals surface area contributed by atoms with E-state index in [-0.39, 0.29) is 17.5 Å². The van der Waals surface area contributed by atoms with E-state index in [1.165, 1.54) is 11.8 Å². The third-order valence-corrected chi connectivity index (χ3v) is 6.03. The highest BCUT2D eigenvalue weighted by Gasteiger charge is 2.31. The smallest absolute Gasteiger partial charge is 0.233 e. The summed E-state index contributed by atoms with van der Waals surface area (Å²) in [6.07, 6.45) is 2.83. The van der Waals surface area contributed by atoms with Gasteiger partial charge in [0.15, 0.2) is 11.5 Å². The van der Waals surface area contributed by atoms with Crippen molar-refractivity contribution >= 4 is 17.7 Å². The SMILES string of the molecule is CC(C)(C)n1nnnc1SCC(=O)N1CCCC1c1ccc2c(c1)OCCCO2. The van der Waals surface area contributed by atoms with Gasteiger partial charge in [-0.2, -0.15) is 0 Å². The van der Waals surface area contributed by atoms with Crippen molar-refractivity contribution in [3.63, 3.8) is 0 Å². The summed E-state index contributed by atoms with van der Waals surface area (Å²) < 4.78 is 13.3. The fourth-order valence-corrected chi connectivity index (χ4v) is 4.64. The standard InChI is InChI=1S/C20H27N5O3S/c1-20(2,3)25-19(21-22-23-25)29-13-18(26)24-9-4-6-15(24)14-7-8-16-17(12-14)28-11-5-10-27-16/h7-8,12,15H,4-6,9-11,13H2,1-3H3. The minimum atomic E-state index is -0.227. The maximum absolute atomic E-state index is 13.0. The lowest BCUT2D eigenvalue weighted by atomic mass is 10.0. The second-order valence-electron chi connectivity index (χ2n) is 8.33. The first-order chi connectivity index (χ1) is 13.9. The average Bonchev–Trinajstić information content (AvgIpc) is 3.30. The molecule has 1 saturated heterocycles. The van der Waals surface area contributed by atoms with E-state index in [1.807, 2.05) is 37.8 Å². The molecule has 1 fully saturated rings. The molecule has 0 bridgehead atoms. The molecule has 8 nitrogen and oxygen atoms in total. The van der Waals surface area contributed by atoms with Gasteiger partial charge in [0.2, 0.25) is 11.1 Å². The maximum atomic E-state index is 13.0. The van der Waals surface area contributed by atoms with Gasteiger partial charge in [-0.25, -0.2) is 4.68 Å². The van der Waals surface area contributed by atoms with Gasteiger partial charge in [-0.05, 0) is 61.7 Å². The van der Waals surface area contributed by atoms with Crippen LogP contribution in [0.5, 0.6) is 11.5 Å². The molecule has 156 valence electrons. The number of carbonyl (C=O) groups is 1. The molecule has 2 aromatic rings. The number of fused-ring (bicyclic) bond motifs is 1. The van der Waals surface area contributed by atoms with Crippen molar-refractivity contribution < 1.29 is 14.3 Å². The molecule has 1 unspecified atom stereocenters. The van der Waals surface area contributed by atoms with Crippen LogP contribution in [-0.2, 0) is 10.3 Å². The molecule has 0 saturated carbocycles. The Morgan fingerprint density at radius 1 is 1.21 bits per heavy atom. The molecule has 0 N–H and O–H groups in total. The number of thioether (sulfide) groups is 1. The van der Waals surface area contributed by atoms with Crippen molar-refractivity contribution in [2.45, 2.75) is 56.8 Å². The lowest BCUT2D eigenvalue weighted by Gasteiger charge is -2.26. The van der Waals surface area contributed by atoms with Gasteiger partial charge in [-0.15, -0.1) is 5.10 Å². The second-order valence-corrected chi connectivity index (χ2v) is 9.28. The normalized spacial score (nSPS) is 19.3. The first kappa shape index (κ1) is 20.0. The zero-order valence-corrected chi connectivity index (χ0v) is 17.9. The summed E-state index contributed by atoms with van der Waals surface area (Å²) in [5.74, 6) is 1.98. The first-order valence-corrected chi connectivity index (χ1v) is 11.0. The van der Waals surface area contributed by atoms with E-state index in [2.05, 4.69) is 21.6 Å². The second kappa shape index (κ2) is 8.22. The number of amides is 1. The lowest BCUT2D eigenvalue weighted by molar-refractivity contribution is -0.129. The molecule has 2 aliphatic rings. The Morgan fingerprint density at radius 2 is 2.00 bits per heavy atom. The van der Waals surface area contributed by atoms with E-state index < -0.39 is 0 Å². The van der Waals surface area contributed by atoms with E-state index in [4.69, 9.17) is 9.47 Å². The van der Waals surface area contributed by atoms with E-state index in [0.29, 0.717) is 24.1 Å². The number of carbonyl (C=O) groups excluding carboxylic acids is 1. The Bertz CT molecular complexity index is 879. The molecule has 1 aromatic heterocycles. The molecule has 0 aliphatic carbocycles. The third-order valence-electron chi connectivity index (χ3n) is 5.13. The number of tetrazole rings is 1. The summed E-state index contributed by atoms with van der Waals surface area (Å²) in [5.41, 5.74) is 0.874. The van der Waals surface area contributed by atoms with Crippen molar-refractivity contribution in [2.75, 3.05) is 25.5 Å². The number of hydrogen-bond acceptors (Lipinski definition) is 7. The van der Waals surface area contributed by atoms with Crippen LogP contribution in [0.1, 0.15) is 51.6 Å². The molecule has 0 radical (unpaired) electrons. The van der Waals surface area contributed by atoms with Crippen molar-refractivity contribution in [1.29, 1.82) is 0 Å². The quantitative estimate of drug-likeness (QED) is 0.707. The number of ether oxygens (including phenoxy) is 2. The van der Waals surface area contributed by atoms with E-state index in [0.717, 1.165) is 42.9 Å². The number of hydrogen-bond donors (Lipinski definition) is 0. The monoisotopic (exact) mass is 417 g/mol. The Hall–Kier alpha value is -2.29. The van der Waals surface area contributed by atoms with Gasteiger partial charge >= 0.3 is 0 Å². The Kier molecular flexibility index (Phi) is 5.67. The molecule has 1 amide bonds. The molecule has 2 aliphatic heterocycles. The van der Waals surface area contributed by atoms with E-state index in [1.54, 1.807) is 4.68 Å². The number of aromatic nitrogens is 4. The van der Waals surface area contributed by atoms with Crippen LogP contribution in [0.2, 0.25) is 0 Å². The Morgan fingerprint density at radius 3 is 2.79 bits per heavy atom. The highest BCUT2D eigenvalue weighted by atomic mass is 32.2. The fourth-order valence-electron chi connectivity index (χ4n) is 3.70. The zero-order valence-electron chi connectivity index (χ0n) is 17.1. The Labute approximate surface area is 174 Å². The number of benzene rings is 1. The van der Waals surface area contributed by atoms with E-state index >= 15 is 0 Å². The van der Waals surface area contributed by atoms with Gasteiger partial charge in [-0.3, -0.25) is 4.79 Å². The molecular formula is C20H27N5O3S. The van der Waals surface area contributed by atoms with Crippen LogP contribution in [0.15, 0.2) is 23.4 Å². The van der Waals surface area contributed by atoms with Crippen molar-refractivity contribution in [3.8, 4) is 11.5 Å². The maximum Gasteiger partial charge on any atom is 0.233 e. The minimum absolute atomic E-state index is 0.0684. The van der Waals surface area contributed by atoms with Crippen LogP contribution in [0.3, 0.4) is 0 Å². The number of likely N-dealkylation sites (tertiary alicyclic amines) is 1. The average molecular weight is 418 g/mol. The molecule has 1 atom stereocenters. The minimum Gasteiger partial charge on any atom is -0.490 e. The first-order valence-electron chi connectivity index (χ1n) is 10.0. The molecule has 1 aromatic carbocycles. The summed E-state index contributed by atoms with van der Waals surface area (Å²) >= 11 is 1.39. The van der Waals surface area contributed by atoms with Crippen LogP contribution in [0, 0.1) is 0 Å². The molecule has 29 heavy (non-hydrogen) atoms. The summed E-state index contributed by atoms with van der Waals surface area (Å²) in [4.78, 5) is 15.0. The Balaban J connectivity index is 1.45. The largest absolute Gasteiger partial charge is 0.490 e. The van der Waals surface area contributed by atoms with Gasteiger partial charge in [0.05, 0.1) is 30.5 Å². The summed E-state index contributed by atoms with van der Waals surface area (Å²) in [6.45, 7) is 8.21. The van der Waals surface area contributed by atoms with Crippen LogP contribution >= 0.6 is 11.8 Å². The predicted molar refractivity (Wildman–Crippen MR) is 109 cm³/mol. The molecule has 4 rings (SSSR count). The van der Waals surface area contributed by atoms with Crippen LogP contribution in [0.4, 0.5) is 0 Å². The summed E-state index contributed by atoms with van der Waals surface area (Å²) in [5, 5.41) is 12.6. The van der Waals surface area contributed by atoms with Gasteiger partial charge in [-0.1, -0.05) is 17.8 Å². The highest BCUT2D eigenvalue weighted by molar-refractivity contribution is 7.99. The zero-order chi connectivity index (χ0) is 20.4. The number of nitrogens with zero attached hydrogens (tertiary/aromatic N) is 5. The van der Waals surface area contributed by atoms with E-state index in [9.17, 15) is 4.79 Å². The lowest BCUT2D eigenvalue weighted by Crippen LogP contribution is -2.32. The molecule has 3 heterocycles. The van der Waals surface area contributed by atoms with Crippen molar-refractivity contribution in [1.82, 2.24) is 25.1 Å². The molecule has 0 spiro atoms. The van der Waals surface area contributed by atoms with Crippen LogP contribution in [0.25, 0.3) is 0 Å². The molecule has 9 heteroatoms. The summed E-state index contributed by atoms with van der Waals surface area (Å²) in [6, 6.07) is 6.11. The van der Waals surface area contributed by atoms with Gasteiger partial charge in [0.25, 0.3) is 0 Å². The van der Waals surface area contributed by atoms with Crippen molar-refractivity contribution in [3.05, 3.63) is 23.8 Å². The van der Waals surface area contributed by atoms with Crippen LogP contribution in [-0.4, -0.2) is 56.5 Å². The predicted octanol–water partition coefficient (Wildman–Crippen LogP) is 3.05. The van der Waals surface area contributed by atoms with Gasteiger partial charge in [0, 0.05) is 13.0 Å².